The lowest BCUT2D eigenvalue weighted by Gasteiger charge is -2.25. The van der Waals surface area contributed by atoms with Crippen LogP contribution in [0.3, 0.4) is 0 Å². The number of carbonyl (C=O) groups excluding carboxylic acids is 1. The topological polar surface area (TPSA) is 103 Å². The monoisotopic (exact) mass is 537 g/mol. The number of nitrogens with one attached hydrogen (secondary N) is 1. The number of benzene rings is 3. The summed E-state index contributed by atoms with van der Waals surface area (Å²) in [5.41, 5.74) is 0.805. The lowest BCUT2D eigenvalue weighted by Crippen LogP contribution is -2.42. The second-order valence-electron chi connectivity index (χ2n) is 9.00. The number of aliphatic carboxylic acids is 1. The van der Waals surface area contributed by atoms with Crippen LogP contribution in [-0.2, 0) is 9.59 Å². The standard InChI is InChI=1S/C28H19F4N3O4/c29-17-9-5-15(6-10-17)22-13-21(34-35(22)27(39)28(31,32)14-23(36)37)25-24(16-7-11-18(30)12-8-16)19-3-1-2-4-20(19)33-26(25)38/h1-12,22H,13-14H2,(H,33,38)(H,36,37). The van der Waals surface area contributed by atoms with Crippen molar-refractivity contribution in [1.82, 2.24) is 9.99 Å². The lowest BCUT2D eigenvalue weighted by molar-refractivity contribution is -0.167. The van der Waals surface area contributed by atoms with Gasteiger partial charge in [0.05, 0.1) is 17.3 Å². The summed E-state index contributed by atoms with van der Waals surface area (Å²) in [5.74, 6) is -9.19. The van der Waals surface area contributed by atoms with E-state index in [1.54, 1.807) is 24.3 Å². The summed E-state index contributed by atoms with van der Waals surface area (Å²) >= 11 is 0. The van der Waals surface area contributed by atoms with E-state index < -0.39 is 47.5 Å². The minimum Gasteiger partial charge on any atom is -0.481 e. The average molecular weight is 537 g/mol. The van der Waals surface area contributed by atoms with Crippen molar-refractivity contribution in [2.75, 3.05) is 0 Å². The van der Waals surface area contributed by atoms with Crippen LogP contribution in [0.25, 0.3) is 22.0 Å². The van der Waals surface area contributed by atoms with Crippen molar-refractivity contribution in [1.29, 1.82) is 0 Å². The fraction of sp³-hybridized carbons (Fsp3) is 0.143. The minimum absolute atomic E-state index is 0.0238. The van der Waals surface area contributed by atoms with E-state index in [1.807, 2.05) is 0 Å². The summed E-state index contributed by atoms with van der Waals surface area (Å²) in [7, 11) is 0. The third-order valence-corrected chi connectivity index (χ3v) is 6.40. The molecule has 1 aliphatic rings. The molecule has 7 nitrogen and oxygen atoms in total. The van der Waals surface area contributed by atoms with E-state index in [0.717, 1.165) is 12.1 Å². The summed E-state index contributed by atoms with van der Waals surface area (Å²) in [4.78, 5) is 40.1. The SMILES string of the molecule is O=C(O)CC(F)(F)C(=O)N1N=C(c2c(-c3ccc(F)cc3)c3ccccc3[nH]c2=O)CC1c1ccc(F)cc1. The summed E-state index contributed by atoms with van der Waals surface area (Å²) in [6.07, 6.45) is -1.98. The van der Waals surface area contributed by atoms with Crippen molar-refractivity contribution in [2.24, 2.45) is 5.10 Å². The largest absolute Gasteiger partial charge is 0.481 e. The first-order chi connectivity index (χ1) is 18.5. The van der Waals surface area contributed by atoms with Gasteiger partial charge in [-0.05, 0) is 41.5 Å². The number of carboxylic acid groups (broad SMARTS) is 1. The van der Waals surface area contributed by atoms with Crippen LogP contribution >= 0.6 is 0 Å². The van der Waals surface area contributed by atoms with Crippen molar-refractivity contribution >= 4 is 28.5 Å². The molecule has 2 N–H and O–H groups in total. The molecule has 1 unspecified atom stereocenters. The zero-order chi connectivity index (χ0) is 27.9. The maximum atomic E-state index is 14.7. The highest BCUT2D eigenvalue weighted by molar-refractivity contribution is 6.13. The number of aromatic nitrogens is 1. The number of pyridine rings is 1. The number of nitrogens with zero attached hydrogens (tertiary/aromatic N) is 2. The Kier molecular flexibility index (Phi) is 6.51. The van der Waals surface area contributed by atoms with Gasteiger partial charge >= 0.3 is 17.8 Å². The number of amides is 1. The second kappa shape index (κ2) is 9.82. The van der Waals surface area contributed by atoms with Crippen LogP contribution in [0.1, 0.15) is 30.0 Å². The Hall–Kier alpha value is -4.80. The van der Waals surface area contributed by atoms with Gasteiger partial charge in [0.15, 0.2) is 0 Å². The van der Waals surface area contributed by atoms with E-state index in [2.05, 4.69) is 10.1 Å². The second-order valence-corrected chi connectivity index (χ2v) is 9.00. The molecule has 1 amide bonds. The highest BCUT2D eigenvalue weighted by atomic mass is 19.3. The molecule has 0 bridgehead atoms. The van der Waals surface area contributed by atoms with Crippen LogP contribution in [0.2, 0.25) is 0 Å². The number of aromatic amines is 1. The van der Waals surface area contributed by atoms with Crippen molar-refractivity contribution < 1.29 is 32.3 Å². The Balaban J connectivity index is 1.72. The predicted molar refractivity (Wildman–Crippen MR) is 134 cm³/mol. The molecule has 3 aromatic carbocycles. The Labute approximate surface area is 218 Å². The first-order valence-corrected chi connectivity index (χ1v) is 11.7. The van der Waals surface area contributed by atoms with Crippen LogP contribution in [0.4, 0.5) is 17.6 Å². The van der Waals surface area contributed by atoms with Gasteiger partial charge in [-0.1, -0.05) is 42.5 Å². The number of halogens is 4. The van der Waals surface area contributed by atoms with Crippen LogP contribution in [0.15, 0.2) is 82.7 Å². The van der Waals surface area contributed by atoms with E-state index in [0.29, 0.717) is 27.0 Å². The molecule has 1 aliphatic heterocycles. The molecule has 1 aromatic heterocycles. The van der Waals surface area contributed by atoms with E-state index in [1.165, 1.54) is 36.4 Å². The molecular weight excluding hydrogens is 518 g/mol. The van der Waals surface area contributed by atoms with Crippen LogP contribution in [-0.4, -0.2) is 38.6 Å². The van der Waals surface area contributed by atoms with E-state index in [4.69, 9.17) is 5.11 Å². The maximum Gasteiger partial charge on any atom is 0.337 e. The zero-order valence-corrected chi connectivity index (χ0v) is 20.0. The van der Waals surface area contributed by atoms with Gasteiger partial charge in [-0.25, -0.2) is 13.8 Å². The predicted octanol–water partition coefficient (Wildman–Crippen LogP) is 5.26. The quantitative estimate of drug-likeness (QED) is 0.328. The lowest BCUT2D eigenvalue weighted by atomic mass is 9.91. The van der Waals surface area contributed by atoms with Gasteiger partial charge in [0.25, 0.3) is 5.56 Å². The number of carbonyl (C=O) groups is 2. The number of para-hydroxylation sites is 1. The fourth-order valence-corrected chi connectivity index (χ4v) is 4.66. The van der Waals surface area contributed by atoms with Crippen molar-refractivity contribution in [2.45, 2.75) is 24.8 Å². The molecular formula is C28H19F4N3O4. The molecule has 5 rings (SSSR count). The first kappa shape index (κ1) is 25.8. The van der Waals surface area contributed by atoms with Gasteiger partial charge in [0, 0.05) is 22.9 Å². The van der Waals surface area contributed by atoms with Gasteiger partial charge in [-0.2, -0.15) is 13.9 Å². The van der Waals surface area contributed by atoms with E-state index in [9.17, 15) is 31.9 Å². The van der Waals surface area contributed by atoms with E-state index >= 15 is 0 Å². The molecule has 2 heterocycles. The molecule has 0 saturated heterocycles. The molecule has 0 fully saturated rings. The van der Waals surface area contributed by atoms with E-state index in [-0.39, 0.29) is 23.3 Å². The average Bonchev–Trinajstić information content (AvgIpc) is 3.32. The van der Waals surface area contributed by atoms with Gasteiger partial charge in [0.2, 0.25) is 0 Å². The number of hydrogen-bond donors (Lipinski definition) is 2. The van der Waals surface area contributed by atoms with Crippen LogP contribution in [0.5, 0.6) is 0 Å². The Morgan fingerprint density at radius 2 is 1.56 bits per heavy atom. The van der Waals surface area contributed by atoms with Gasteiger partial charge < -0.3 is 10.1 Å². The first-order valence-electron chi connectivity index (χ1n) is 11.7. The van der Waals surface area contributed by atoms with Crippen LogP contribution < -0.4 is 5.56 Å². The molecule has 198 valence electrons. The number of H-pyrrole nitrogens is 1. The number of fused-ring (bicyclic) bond motifs is 1. The Morgan fingerprint density at radius 1 is 0.949 bits per heavy atom. The third-order valence-electron chi connectivity index (χ3n) is 6.40. The molecule has 0 radical (unpaired) electrons. The summed E-state index contributed by atoms with van der Waals surface area (Å²) in [5, 5.41) is 14.0. The van der Waals surface area contributed by atoms with Crippen molar-refractivity contribution in [3.05, 3.63) is 106 Å². The van der Waals surface area contributed by atoms with Crippen molar-refractivity contribution in [3.63, 3.8) is 0 Å². The van der Waals surface area contributed by atoms with Crippen LogP contribution in [0, 0.1) is 11.6 Å². The third kappa shape index (κ3) is 4.90. The molecule has 1 atom stereocenters. The highest BCUT2D eigenvalue weighted by Crippen LogP contribution is 2.39. The minimum atomic E-state index is -4.31. The molecule has 39 heavy (non-hydrogen) atoms. The Bertz CT molecular complexity index is 1680. The zero-order valence-electron chi connectivity index (χ0n) is 20.0. The number of rotatable bonds is 6. The summed E-state index contributed by atoms with van der Waals surface area (Å²) in [6.45, 7) is 0. The maximum absolute atomic E-state index is 14.7. The Morgan fingerprint density at radius 3 is 2.21 bits per heavy atom. The normalized spacial score (nSPS) is 15.4. The smallest absolute Gasteiger partial charge is 0.337 e. The van der Waals surface area contributed by atoms with Gasteiger partial charge in [-0.3, -0.25) is 14.4 Å². The molecule has 11 heteroatoms. The highest BCUT2D eigenvalue weighted by Gasteiger charge is 2.49. The van der Waals surface area contributed by atoms with Gasteiger partial charge in [-0.15, -0.1) is 0 Å². The number of hydrazone groups is 1. The number of hydrogen-bond acceptors (Lipinski definition) is 4. The molecule has 0 saturated carbocycles. The van der Waals surface area contributed by atoms with Crippen molar-refractivity contribution in [3.8, 4) is 11.1 Å². The molecule has 0 aliphatic carbocycles. The number of alkyl halides is 2. The molecule has 4 aromatic rings. The summed E-state index contributed by atoms with van der Waals surface area (Å²) in [6, 6.07) is 15.7. The van der Waals surface area contributed by atoms with Gasteiger partial charge in [0.1, 0.15) is 18.1 Å². The summed E-state index contributed by atoms with van der Waals surface area (Å²) < 4.78 is 56.7. The molecule has 0 spiro atoms. The number of carboxylic acids is 1. The fourth-order valence-electron chi connectivity index (χ4n) is 4.66.